The number of carbonyl (C=O) groups is 2. The first-order valence-electron chi connectivity index (χ1n) is 5.63. The molecule has 1 saturated heterocycles. The molecule has 92 valence electrons. The number of rotatable bonds is 0. The highest BCUT2D eigenvalue weighted by molar-refractivity contribution is 5.81. The summed E-state index contributed by atoms with van der Waals surface area (Å²) >= 11 is 0. The Morgan fingerprint density at radius 3 is 2.38 bits per heavy atom. The molecule has 16 heavy (non-hydrogen) atoms. The third-order valence-corrected chi connectivity index (χ3v) is 2.34. The Hall–Kier alpha value is -1.14. The number of amides is 2. The average Bonchev–Trinajstić information content (AvgIpc) is 2.26. The van der Waals surface area contributed by atoms with Gasteiger partial charge in [-0.2, -0.15) is 0 Å². The minimum atomic E-state index is -0.0816. The van der Waals surface area contributed by atoms with Crippen molar-refractivity contribution in [2.24, 2.45) is 5.92 Å². The van der Waals surface area contributed by atoms with E-state index < -0.39 is 0 Å². The van der Waals surface area contributed by atoms with Gasteiger partial charge in [-0.25, -0.2) is 0 Å². The second kappa shape index (κ2) is 7.19. The van der Waals surface area contributed by atoms with Crippen molar-refractivity contribution in [2.45, 2.75) is 6.92 Å². The molecule has 1 heterocycles. The van der Waals surface area contributed by atoms with E-state index in [1.165, 1.54) is 0 Å². The molecule has 0 bridgehead atoms. The van der Waals surface area contributed by atoms with Gasteiger partial charge < -0.3 is 16.0 Å². The molecule has 6 nitrogen and oxygen atoms in total. The molecule has 2 amide bonds. The summed E-state index contributed by atoms with van der Waals surface area (Å²) in [5.74, 6) is 0.237. The molecular formula is C10H20N4O2. The van der Waals surface area contributed by atoms with Crippen LogP contribution in [0, 0.1) is 5.92 Å². The van der Waals surface area contributed by atoms with Crippen LogP contribution in [-0.2, 0) is 9.59 Å². The normalized spacial score (nSPS) is 25.7. The molecule has 1 atom stereocenters. The first-order chi connectivity index (χ1) is 7.68. The predicted molar refractivity (Wildman–Crippen MR) is 60.9 cm³/mol. The van der Waals surface area contributed by atoms with Crippen molar-refractivity contribution in [1.29, 1.82) is 0 Å². The summed E-state index contributed by atoms with van der Waals surface area (Å²) in [6.07, 6.45) is 0. The standard InChI is InChI=1S/C10H20N4O2/c1-8-4-11-2-3-13-9(15)6-12-7-10(16)14-5-8/h8,11-12H,2-7H2,1H3,(H,13,15)(H,14,16). The van der Waals surface area contributed by atoms with Gasteiger partial charge in [0.05, 0.1) is 13.1 Å². The van der Waals surface area contributed by atoms with E-state index in [9.17, 15) is 9.59 Å². The lowest BCUT2D eigenvalue weighted by molar-refractivity contribution is -0.121. The molecule has 0 aromatic rings. The lowest BCUT2D eigenvalue weighted by atomic mass is 10.2. The van der Waals surface area contributed by atoms with Crippen LogP contribution in [0.3, 0.4) is 0 Å². The minimum Gasteiger partial charge on any atom is -0.355 e. The van der Waals surface area contributed by atoms with E-state index in [0.717, 1.165) is 13.1 Å². The Balaban J connectivity index is 2.36. The summed E-state index contributed by atoms with van der Waals surface area (Å²) in [6.45, 7) is 5.31. The summed E-state index contributed by atoms with van der Waals surface area (Å²) in [5, 5.41) is 11.6. The highest BCUT2D eigenvalue weighted by atomic mass is 16.2. The fourth-order valence-corrected chi connectivity index (χ4v) is 1.41. The van der Waals surface area contributed by atoms with Crippen LogP contribution in [-0.4, -0.2) is 51.1 Å². The Bertz CT molecular complexity index is 245. The topological polar surface area (TPSA) is 82.3 Å². The second-order valence-corrected chi connectivity index (χ2v) is 4.07. The largest absolute Gasteiger partial charge is 0.355 e. The number of nitrogens with one attached hydrogen (secondary N) is 4. The molecule has 0 spiro atoms. The van der Waals surface area contributed by atoms with Crippen LogP contribution in [0.15, 0.2) is 0 Å². The summed E-state index contributed by atoms with van der Waals surface area (Å²) in [6, 6.07) is 0. The zero-order valence-corrected chi connectivity index (χ0v) is 9.64. The summed E-state index contributed by atoms with van der Waals surface area (Å²) < 4.78 is 0. The van der Waals surface area contributed by atoms with Gasteiger partial charge in [-0.1, -0.05) is 6.92 Å². The maximum Gasteiger partial charge on any atom is 0.234 e. The second-order valence-electron chi connectivity index (χ2n) is 4.07. The van der Waals surface area contributed by atoms with Gasteiger partial charge in [0.2, 0.25) is 11.8 Å². The van der Waals surface area contributed by atoms with Crippen LogP contribution in [0.4, 0.5) is 0 Å². The van der Waals surface area contributed by atoms with Crippen molar-refractivity contribution in [3.63, 3.8) is 0 Å². The lowest BCUT2D eigenvalue weighted by Crippen LogP contribution is -2.40. The highest BCUT2D eigenvalue weighted by Gasteiger charge is 2.07. The van der Waals surface area contributed by atoms with Crippen LogP contribution >= 0.6 is 0 Å². The van der Waals surface area contributed by atoms with E-state index in [-0.39, 0.29) is 24.9 Å². The molecule has 1 aliphatic rings. The SMILES string of the molecule is CC1CNCCNC(=O)CNCC(=O)NC1. The predicted octanol–water partition coefficient (Wildman–Crippen LogP) is -1.95. The van der Waals surface area contributed by atoms with Gasteiger partial charge in [-0.15, -0.1) is 0 Å². The molecule has 1 unspecified atom stereocenters. The van der Waals surface area contributed by atoms with E-state index in [1.807, 2.05) is 0 Å². The summed E-state index contributed by atoms with van der Waals surface area (Å²) in [7, 11) is 0. The number of hydrogen-bond acceptors (Lipinski definition) is 4. The zero-order valence-electron chi connectivity index (χ0n) is 9.64. The van der Waals surface area contributed by atoms with Gasteiger partial charge in [0, 0.05) is 19.6 Å². The van der Waals surface area contributed by atoms with E-state index in [1.54, 1.807) is 0 Å². The molecule has 6 heteroatoms. The van der Waals surface area contributed by atoms with Gasteiger partial charge in [0.25, 0.3) is 0 Å². The van der Waals surface area contributed by atoms with Crippen LogP contribution in [0.5, 0.6) is 0 Å². The quantitative estimate of drug-likeness (QED) is 0.388. The van der Waals surface area contributed by atoms with Gasteiger partial charge in [-0.05, 0) is 12.5 Å². The molecule has 0 aromatic heterocycles. The van der Waals surface area contributed by atoms with E-state index in [4.69, 9.17) is 0 Å². The van der Waals surface area contributed by atoms with Crippen molar-refractivity contribution >= 4 is 11.8 Å². The molecule has 1 fully saturated rings. The first-order valence-corrected chi connectivity index (χ1v) is 5.63. The van der Waals surface area contributed by atoms with Crippen molar-refractivity contribution in [1.82, 2.24) is 21.3 Å². The Morgan fingerprint density at radius 1 is 0.938 bits per heavy atom. The van der Waals surface area contributed by atoms with Gasteiger partial charge in [0.1, 0.15) is 0 Å². The van der Waals surface area contributed by atoms with Crippen molar-refractivity contribution in [2.75, 3.05) is 39.3 Å². The maximum atomic E-state index is 11.3. The fourth-order valence-electron chi connectivity index (χ4n) is 1.41. The first kappa shape index (κ1) is 12.9. The highest BCUT2D eigenvalue weighted by Crippen LogP contribution is 1.89. The minimum absolute atomic E-state index is 0.0705. The van der Waals surface area contributed by atoms with Gasteiger partial charge >= 0.3 is 0 Å². The zero-order chi connectivity index (χ0) is 11.8. The van der Waals surface area contributed by atoms with E-state index in [2.05, 4.69) is 28.2 Å². The average molecular weight is 228 g/mol. The van der Waals surface area contributed by atoms with Crippen LogP contribution in [0.1, 0.15) is 6.92 Å². The fraction of sp³-hybridized carbons (Fsp3) is 0.800. The Morgan fingerprint density at radius 2 is 1.62 bits per heavy atom. The van der Waals surface area contributed by atoms with Crippen molar-refractivity contribution in [3.8, 4) is 0 Å². The Kier molecular flexibility index (Phi) is 5.81. The molecule has 0 aliphatic carbocycles. The molecule has 0 saturated carbocycles. The molecule has 1 aliphatic heterocycles. The monoisotopic (exact) mass is 228 g/mol. The van der Waals surface area contributed by atoms with E-state index >= 15 is 0 Å². The third-order valence-electron chi connectivity index (χ3n) is 2.34. The Labute approximate surface area is 95.5 Å². The maximum absolute atomic E-state index is 11.3. The molecular weight excluding hydrogens is 208 g/mol. The lowest BCUT2D eigenvalue weighted by Gasteiger charge is -2.13. The van der Waals surface area contributed by atoms with Gasteiger partial charge in [0.15, 0.2) is 0 Å². The van der Waals surface area contributed by atoms with Crippen molar-refractivity contribution < 1.29 is 9.59 Å². The van der Waals surface area contributed by atoms with Crippen molar-refractivity contribution in [3.05, 3.63) is 0 Å². The molecule has 0 radical (unpaired) electrons. The van der Waals surface area contributed by atoms with Crippen LogP contribution < -0.4 is 21.3 Å². The number of hydrogen-bond donors (Lipinski definition) is 4. The van der Waals surface area contributed by atoms with Crippen LogP contribution in [0.25, 0.3) is 0 Å². The summed E-state index contributed by atoms with van der Waals surface area (Å²) in [4.78, 5) is 22.5. The van der Waals surface area contributed by atoms with E-state index in [0.29, 0.717) is 19.0 Å². The third kappa shape index (κ3) is 5.67. The number of carbonyl (C=O) groups excluding carboxylic acids is 2. The molecule has 1 rings (SSSR count). The molecule has 0 aromatic carbocycles. The smallest absolute Gasteiger partial charge is 0.234 e. The van der Waals surface area contributed by atoms with Crippen LogP contribution in [0.2, 0.25) is 0 Å². The van der Waals surface area contributed by atoms with Gasteiger partial charge in [-0.3, -0.25) is 14.9 Å². The summed E-state index contributed by atoms with van der Waals surface area (Å²) in [5.41, 5.74) is 0. The molecule has 4 N–H and O–H groups in total.